The molecule has 0 aliphatic carbocycles. The molecule has 0 N–H and O–H groups in total. The standard InChI is InChI=1S/C16H16ClNO2S/c17-11-12-21(19,20)18-15-7-3-1-5-13(15)9-10-14-6-2-4-8-16(14)18/h1-8H,9-12H2. The summed E-state index contributed by atoms with van der Waals surface area (Å²) in [6, 6.07) is 15.3. The Hall–Kier alpha value is -1.52. The quantitative estimate of drug-likeness (QED) is 0.811. The molecular formula is C16H16ClNO2S. The van der Waals surface area contributed by atoms with Gasteiger partial charge in [-0.2, -0.15) is 0 Å². The topological polar surface area (TPSA) is 37.4 Å². The predicted molar refractivity (Wildman–Crippen MR) is 86.9 cm³/mol. The first-order valence-electron chi connectivity index (χ1n) is 6.88. The summed E-state index contributed by atoms with van der Waals surface area (Å²) < 4.78 is 26.9. The molecule has 0 bridgehead atoms. The van der Waals surface area contributed by atoms with Gasteiger partial charge in [0.25, 0.3) is 0 Å². The molecule has 21 heavy (non-hydrogen) atoms. The molecule has 0 fully saturated rings. The molecule has 1 aliphatic rings. The number of hydrogen-bond donors (Lipinski definition) is 0. The molecule has 0 atom stereocenters. The molecule has 2 aromatic rings. The van der Waals surface area contributed by atoms with Gasteiger partial charge in [-0.25, -0.2) is 12.7 Å². The molecule has 0 aromatic heterocycles. The molecule has 0 amide bonds. The van der Waals surface area contributed by atoms with Gasteiger partial charge in [-0.15, -0.1) is 11.6 Å². The lowest BCUT2D eigenvalue weighted by Gasteiger charge is -2.26. The number of para-hydroxylation sites is 2. The van der Waals surface area contributed by atoms with Crippen molar-refractivity contribution < 1.29 is 8.42 Å². The average molecular weight is 322 g/mol. The lowest BCUT2D eigenvalue weighted by Crippen LogP contribution is -2.30. The molecule has 0 radical (unpaired) electrons. The monoisotopic (exact) mass is 321 g/mol. The second-order valence-electron chi connectivity index (χ2n) is 5.03. The van der Waals surface area contributed by atoms with E-state index in [2.05, 4.69) is 0 Å². The number of fused-ring (bicyclic) bond motifs is 2. The fraction of sp³-hybridized carbons (Fsp3) is 0.250. The summed E-state index contributed by atoms with van der Waals surface area (Å²) >= 11 is 5.69. The van der Waals surface area contributed by atoms with Crippen molar-refractivity contribution in [3.05, 3.63) is 59.7 Å². The summed E-state index contributed by atoms with van der Waals surface area (Å²) in [4.78, 5) is 0. The maximum Gasteiger partial charge on any atom is 0.240 e. The summed E-state index contributed by atoms with van der Waals surface area (Å²) in [7, 11) is -3.48. The minimum absolute atomic E-state index is 0.0722. The molecule has 0 saturated heterocycles. The summed E-state index contributed by atoms with van der Waals surface area (Å²) in [6.07, 6.45) is 1.67. The number of benzene rings is 2. The van der Waals surface area contributed by atoms with E-state index < -0.39 is 10.0 Å². The maximum absolute atomic E-state index is 12.7. The highest BCUT2D eigenvalue weighted by atomic mass is 35.5. The number of nitrogens with zero attached hydrogens (tertiary/aromatic N) is 1. The molecule has 110 valence electrons. The number of rotatable bonds is 3. The van der Waals surface area contributed by atoms with Crippen LogP contribution in [-0.2, 0) is 22.9 Å². The molecule has 1 aliphatic heterocycles. The minimum Gasteiger partial charge on any atom is -0.238 e. The van der Waals surface area contributed by atoms with E-state index in [1.54, 1.807) is 0 Å². The van der Waals surface area contributed by atoms with Crippen molar-refractivity contribution in [3.8, 4) is 0 Å². The van der Waals surface area contributed by atoms with Crippen molar-refractivity contribution in [2.24, 2.45) is 0 Å². The van der Waals surface area contributed by atoms with Gasteiger partial charge in [0.1, 0.15) is 0 Å². The van der Waals surface area contributed by atoms with Crippen LogP contribution in [0.4, 0.5) is 11.4 Å². The zero-order valence-electron chi connectivity index (χ0n) is 11.5. The zero-order chi connectivity index (χ0) is 14.9. The van der Waals surface area contributed by atoms with Crippen LogP contribution >= 0.6 is 11.6 Å². The van der Waals surface area contributed by atoms with E-state index in [1.165, 1.54) is 4.31 Å². The van der Waals surface area contributed by atoms with Gasteiger partial charge in [0.05, 0.1) is 17.1 Å². The Balaban J connectivity index is 2.25. The molecule has 2 aromatic carbocycles. The van der Waals surface area contributed by atoms with Gasteiger partial charge < -0.3 is 0 Å². The largest absolute Gasteiger partial charge is 0.240 e. The summed E-state index contributed by atoms with van der Waals surface area (Å²) in [6.45, 7) is 0. The van der Waals surface area contributed by atoms with Gasteiger partial charge >= 0.3 is 0 Å². The fourth-order valence-electron chi connectivity index (χ4n) is 2.73. The lowest BCUT2D eigenvalue weighted by molar-refractivity contribution is 0.597. The van der Waals surface area contributed by atoms with Crippen LogP contribution in [0.25, 0.3) is 0 Å². The van der Waals surface area contributed by atoms with Crippen molar-refractivity contribution >= 4 is 33.0 Å². The molecule has 0 spiro atoms. The zero-order valence-corrected chi connectivity index (χ0v) is 13.1. The smallest absolute Gasteiger partial charge is 0.238 e. The summed E-state index contributed by atoms with van der Waals surface area (Å²) in [5.41, 5.74) is 3.58. The van der Waals surface area contributed by atoms with E-state index in [0.29, 0.717) is 0 Å². The van der Waals surface area contributed by atoms with Crippen LogP contribution in [0.15, 0.2) is 48.5 Å². The van der Waals surface area contributed by atoms with E-state index in [1.807, 2.05) is 48.5 Å². The number of halogens is 1. The first-order valence-corrected chi connectivity index (χ1v) is 9.02. The van der Waals surface area contributed by atoms with Crippen molar-refractivity contribution in [2.45, 2.75) is 12.8 Å². The molecule has 3 rings (SSSR count). The Bertz CT molecular complexity index is 711. The Morgan fingerprint density at radius 2 is 1.38 bits per heavy atom. The third-order valence-corrected chi connectivity index (χ3v) is 5.78. The normalized spacial score (nSPS) is 14.2. The van der Waals surface area contributed by atoms with Gasteiger partial charge in [0, 0.05) is 5.88 Å². The third-order valence-electron chi connectivity index (χ3n) is 3.70. The van der Waals surface area contributed by atoms with Gasteiger partial charge in [0.15, 0.2) is 0 Å². The lowest BCUT2D eigenvalue weighted by atomic mass is 10.0. The predicted octanol–water partition coefficient (Wildman–Crippen LogP) is 3.49. The number of anilines is 2. The minimum atomic E-state index is -3.48. The molecule has 1 heterocycles. The Labute approximate surface area is 130 Å². The van der Waals surface area contributed by atoms with E-state index in [-0.39, 0.29) is 11.6 Å². The van der Waals surface area contributed by atoms with Crippen LogP contribution in [0.2, 0.25) is 0 Å². The molecule has 0 saturated carbocycles. The number of alkyl halides is 1. The van der Waals surface area contributed by atoms with Gasteiger partial charge in [0.2, 0.25) is 10.0 Å². The number of aryl methyl sites for hydroxylation is 2. The number of hydrogen-bond acceptors (Lipinski definition) is 2. The highest BCUT2D eigenvalue weighted by Gasteiger charge is 2.29. The van der Waals surface area contributed by atoms with Crippen LogP contribution in [-0.4, -0.2) is 20.1 Å². The number of sulfonamides is 1. The van der Waals surface area contributed by atoms with E-state index in [4.69, 9.17) is 11.6 Å². The van der Waals surface area contributed by atoms with Crippen LogP contribution < -0.4 is 4.31 Å². The molecular weight excluding hydrogens is 306 g/mol. The fourth-order valence-corrected chi connectivity index (χ4v) is 4.65. The molecule has 5 heteroatoms. The molecule has 3 nitrogen and oxygen atoms in total. The van der Waals surface area contributed by atoms with Gasteiger partial charge in [-0.05, 0) is 36.1 Å². The van der Waals surface area contributed by atoms with Crippen LogP contribution in [0.5, 0.6) is 0 Å². The van der Waals surface area contributed by atoms with E-state index in [0.717, 1.165) is 35.3 Å². The highest BCUT2D eigenvalue weighted by Crippen LogP contribution is 2.38. The van der Waals surface area contributed by atoms with Crippen molar-refractivity contribution in [3.63, 3.8) is 0 Å². The van der Waals surface area contributed by atoms with Crippen LogP contribution in [0.3, 0.4) is 0 Å². The first-order chi connectivity index (χ1) is 10.1. The van der Waals surface area contributed by atoms with Crippen molar-refractivity contribution in [1.29, 1.82) is 0 Å². The average Bonchev–Trinajstić information content (AvgIpc) is 2.64. The van der Waals surface area contributed by atoms with E-state index in [9.17, 15) is 8.42 Å². The van der Waals surface area contributed by atoms with Crippen LogP contribution in [0.1, 0.15) is 11.1 Å². The Kier molecular flexibility index (Phi) is 3.91. The van der Waals surface area contributed by atoms with Crippen molar-refractivity contribution in [2.75, 3.05) is 15.9 Å². The maximum atomic E-state index is 12.7. The van der Waals surface area contributed by atoms with Crippen molar-refractivity contribution in [1.82, 2.24) is 0 Å². The van der Waals surface area contributed by atoms with Gasteiger partial charge in [-0.1, -0.05) is 36.4 Å². The highest BCUT2D eigenvalue weighted by molar-refractivity contribution is 7.93. The SMILES string of the molecule is O=S(=O)(CCCl)N1c2ccccc2CCc2ccccc21. The van der Waals surface area contributed by atoms with Crippen LogP contribution in [0, 0.1) is 0 Å². The van der Waals surface area contributed by atoms with Gasteiger partial charge in [-0.3, -0.25) is 0 Å². The molecule has 0 unspecified atom stereocenters. The Morgan fingerprint density at radius 3 is 1.86 bits per heavy atom. The summed E-state index contributed by atoms with van der Waals surface area (Å²) in [5.74, 6) is 0.0143. The second-order valence-corrected chi connectivity index (χ2v) is 7.34. The second kappa shape index (κ2) is 5.70. The first kappa shape index (κ1) is 14.4. The summed E-state index contributed by atoms with van der Waals surface area (Å²) in [5, 5.41) is 0. The Morgan fingerprint density at radius 1 is 0.905 bits per heavy atom. The van der Waals surface area contributed by atoms with E-state index >= 15 is 0 Å². The third kappa shape index (κ3) is 2.65.